The number of carboxylic acids is 2. The highest BCUT2D eigenvalue weighted by atomic mass is 16.5. The number of pyridine rings is 2. The van der Waals surface area contributed by atoms with E-state index in [9.17, 15) is 9.59 Å². The maximum Gasteiger partial charge on any atom is 0.306 e. The van der Waals surface area contributed by atoms with Gasteiger partial charge in [0.05, 0.1) is 37.4 Å². The molecule has 2 aliphatic rings. The van der Waals surface area contributed by atoms with E-state index in [4.69, 9.17) is 19.7 Å². The highest BCUT2D eigenvalue weighted by Crippen LogP contribution is 2.35. The summed E-state index contributed by atoms with van der Waals surface area (Å²) in [6.07, 6.45) is 3.11. The third-order valence-corrected chi connectivity index (χ3v) is 6.80. The molecule has 0 saturated heterocycles. The fourth-order valence-electron chi connectivity index (χ4n) is 4.83. The number of carboxylic acid groups (broad SMARTS) is 2. The molecule has 0 atom stereocenters. The van der Waals surface area contributed by atoms with E-state index >= 15 is 0 Å². The number of anilines is 2. The minimum atomic E-state index is -0.848. The van der Waals surface area contributed by atoms with E-state index < -0.39 is 11.9 Å². The Hall–Kier alpha value is -3.56. The van der Waals surface area contributed by atoms with E-state index in [1.165, 1.54) is 11.1 Å². The molecule has 0 spiro atoms. The van der Waals surface area contributed by atoms with E-state index in [2.05, 4.69) is 26.8 Å². The van der Waals surface area contributed by atoms with Crippen molar-refractivity contribution in [3.63, 3.8) is 0 Å². The summed E-state index contributed by atoms with van der Waals surface area (Å²) in [5.41, 5.74) is 6.28. The first kappa shape index (κ1) is 28.0. The van der Waals surface area contributed by atoms with Crippen LogP contribution in [0.5, 0.6) is 11.5 Å². The Morgan fingerprint density at radius 2 is 1.19 bits per heavy atom. The SMILES string of the molecule is Cc1nc2c(c(C)c1OCCC(=O)O)CCCN2C.Cc1nc2c(c(C)c1OCCC(=O)O)CCN2C. The molecular formula is C27H38N4O6. The van der Waals surface area contributed by atoms with Gasteiger partial charge in [-0.25, -0.2) is 9.97 Å². The van der Waals surface area contributed by atoms with Crippen LogP contribution in [0.4, 0.5) is 11.6 Å². The van der Waals surface area contributed by atoms with E-state index in [1.807, 2.05) is 34.7 Å². The summed E-state index contributed by atoms with van der Waals surface area (Å²) in [7, 11) is 4.08. The van der Waals surface area contributed by atoms with Crippen molar-refractivity contribution >= 4 is 23.6 Å². The summed E-state index contributed by atoms with van der Waals surface area (Å²) in [5, 5.41) is 17.3. The van der Waals surface area contributed by atoms with Gasteiger partial charge in [-0.05, 0) is 58.1 Å². The smallest absolute Gasteiger partial charge is 0.306 e. The van der Waals surface area contributed by atoms with Gasteiger partial charge in [0, 0.05) is 38.3 Å². The van der Waals surface area contributed by atoms with Crippen molar-refractivity contribution in [3.8, 4) is 11.5 Å². The zero-order valence-electron chi connectivity index (χ0n) is 22.7. The average molecular weight is 515 g/mol. The van der Waals surface area contributed by atoms with Gasteiger partial charge in [0.2, 0.25) is 0 Å². The summed E-state index contributed by atoms with van der Waals surface area (Å²) in [6.45, 7) is 10.2. The molecule has 0 radical (unpaired) electrons. The number of ether oxygens (including phenoxy) is 2. The van der Waals surface area contributed by atoms with Crippen LogP contribution in [-0.2, 0) is 22.4 Å². The van der Waals surface area contributed by atoms with Crippen molar-refractivity contribution in [2.24, 2.45) is 0 Å². The van der Waals surface area contributed by atoms with Crippen molar-refractivity contribution in [1.29, 1.82) is 0 Å². The molecule has 0 saturated carbocycles. The Morgan fingerprint density at radius 1 is 0.757 bits per heavy atom. The fraction of sp³-hybridized carbons (Fsp3) is 0.556. The van der Waals surface area contributed by atoms with E-state index in [0.29, 0.717) is 0 Å². The molecule has 2 aliphatic heterocycles. The van der Waals surface area contributed by atoms with Gasteiger partial charge in [-0.1, -0.05) is 0 Å². The fourth-order valence-corrected chi connectivity index (χ4v) is 4.83. The Bertz CT molecular complexity index is 1170. The lowest BCUT2D eigenvalue weighted by Crippen LogP contribution is -2.27. The lowest BCUT2D eigenvalue weighted by molar-refractivity contribution is -0.138. The van der Waals surface area contributed by atoms with Crippen LogP contribution in [0, 0.1) is 27.7 Å². The normalized spacial score (nSPS) is 13.9. The van der Waals surface area contributed by atoms with Crippen molar-refractivity contribution in [2.75, 3.05) is 50.2 Å². The molecule has 0 amide bonds. The summed E-state index contributed by atoms with van der Waals surface area (Å²) < 4.78 is 11.2. The highest BCUT2D eigenvalue weighted by Gasteiger charge is 2.24. The summed E-state index contributed by atoms with van der Waals surface area (Å²) in [5.74, 6) is 1.85. The number of fused-ring (bicyclic) bond motifs is 2. The summed E-state index contributed by atoms with van der Waals surface area (Å²) in [6, 6.07) is 0. The molecule has 2 aromatic heterocycles. The van der Waals surface area contributed by atoms with E-state index in [0.717, 1.165) is 78.0 Å². The Morgan fingerprint density at radius 3 is 1.65 bits per heavy atom. The number of aryl methyl sites for hydroxylation is 2. The zero-order valence-corrected chi connectivity index (χ0v) is 22.7. The molecule has 4 heterocycles. The quantitative estimate of drug-likeness (QED) is 0.541. The predicted octanol–water partition coefficient (Wildman–Crippen LogP) is 3.48. The van der Waals surface area contributed by atoms with Crippen LogP contribution < -0.4 is 19.3 Å². The second-order valence-electron chi connectivity index (χ2n) is 9.59. The van der Waals surface area contributed by atoms with Crippen LogP contribution >= 0.6 is 0 Å². The third kappa shape index (κ3) is 6.61. The minimum Gasteiger partial charge on any atom is -0.491 e. The molecule has 0 unspecified atom stereocenters. The molecule has 4 rings (SSSR count). The number of nitrogens with zero attached hydrogens (tertiary/aromatic N) is 4. The highest BCUT2D eigenvalue weighted by molar-refractivity contribution is 5.67. The first-order valence-corrected chi connectivity index (χ1v) is 12.6. The molecule has 10 nitrogen and oxygen atoms in total. The van der Waals surface area contributed by atoms with E-state index in [-0.39, 0.29) is 26.1 Å². The number of aliphatic carboxylic acids is 2. The largest absolute Gasteiger partial charge is 0.491 e. The summed E-state index contributed by atoms with van der Waals surface area (Å²) >= 11 is 0. The van der Waals surface area contributed by atoms with Gasteiger partial charge >= 0.3 is 11.9 Å². The topological polar surface area (TPSA) is 125 Å². The number of hydrogen-bond donors (Lipinski definition) is 2. The number of rotatable bonds is 8. The zero-order chi connectivity index (χ0) is 27.3. The third-order valence-electron chi connectivity index (χ3n) is 6.80. The second kappa shape index (κ2) is 12.1. The standard InChI is InChI=1S/C14H20N2O3.C13H18N2O3/c1-9-11-5-4-7-16(3)14(11)15-10(2)13(9)19-8-6-12(17)18;1-8-10-4-6-15(3)13(10)14-9(2)12(8)18-7-5-11(16)17/h4-8H2,1-3H3,(H,17,18);4-7H2,1-3H3,(H,16,17). The van der Waals surface area contributed by atoms with Crippen molar-refractivity contribution < 1.29 is 29.3 Å². The molecule has 202 valence electrons. The van der Waals surface area contributed by atoms with Crippen molar-refractivity contribution in [2.45, 2.75) is 59.8 Å². The molecule has 2 N–H and O–H groups in total. The number of carbonyl (C=O) groups is 2. The van der Waals surface area contributed by atoms with Gasteiger partial charge in [0.25, 0.3) is 0 Å². The number of hydrogen-bond acceptors (Lipinski definition) is 8. The maximum absolute atomic E-state index is 10.5. The van der Waals surface area contributed by atoms with Crippen LogP contribution in [0.1, 0.15) is 52.9 Å². The van der Waals surface area contributed by atoms with E-state index in [1.54, 1.807) is 0 Å². The van der Waals surface area contributed by atoms with Crippen molar-refractivity contribution in [1.82, 2.24) is 9.97 Å². The van der Waals surface area contributed by atoms with Crippen LogP contribution in [-0.4, -0.2) is 72.5 Å². The first-order valence-electron chi connectivity index (χ1n) is 12.6. The van der Waals surface area contributed by atoms with Crippen LogP contribution in [0.3, 0.4) is 0 Å². The molecule has 10 heteroatoms. The Balaban J connectivity index is 0.000000206. The van der Waals surface area contributed by atoms with Gasteiger partial charge in [0.1, 0.15) is 23.1 Å². The molecule has 2 aromatic rings. The van der Waals surface area contributed by atoms with Gasteiger partial charge in [-0.2, -0.15) is 0 Å². The summed E-state index contributed by atoms with van der Waals surface area (Å²) in [4.78, 5) is 34.5. The second-order valence-corrected chi connectivity index (χ2v) is 9.59. The lowest BCUT2D eigenvalue weighted by Gasteiger charge is -2.29. The van der Waals surface area contributed by atoms with Gasteiger partial charge in [-0.3, -0.25) is 9.59 Å². The number of likely N-dealkylation sites (N-methyl/N-ethyl adjacent to an activating group) is 1. The molecule has 0 bridgehead atoms. The van der Waals surface area contributed by atoms with Crippen molar-refractivity contribution in [3.05, 3.63) is 33.6 Å². The van der Waals surface area contributed by atoms with Crippen LogP contribution in [0.25, 0.3) is 0 Å². The number of aromatic nitrogens is 2. The molecule has 0 fully saturated rings. The molecule has 0 aliphatic carbocycles. The maximum atomic E-state index is 10.5. The van der Waals surface area contributed by atoms with Crippen LogP contribution in [0.15, 0.2) is 0 Å². The van der Waals surface area contributed by atoms with Crippen LogP contribution in [0.2, 0.25) is 0 Å². The minimum absolute atomic E-state index is 0.00979. The van der Waals surface area contributed by atoms with Gasteiger partial charge in [0.15, 0.2) is 0 Å². The van der Waals surface area contributed by atoms with Gasteiger partial charge in [-0.15, -0.1) is 0 Å². The van der Waals surface area contributed by atoms with Gasteiger partial charge < -0.3 is 29.5 Å². The lowest BCUT2D eigenvalue weighted by atomic mass is 9.99. The Kier molecular flexibility index (Phi) is 9.18. The molecular weight excluding hydrogens is 476 g/mol. The predicted molar refractivity (Wildman–Crippen MR) is 141 cm³/mol. The molecule has 0 aromatic carbocycles. The monoisotopic (exact) mass is 514 g/mol. The Labute approximate surface area is 218 Å². The first-order chi connectivity index (χ1) is 17.5. The molecule has 37 heavy (non-hydrogen) atoms. The average Bonchev–Trinajstić information content (AvgIpc) is 3.19.